The van der Waals surface area contributed by atoms with Crippen LogP contribution in [0.1, 0.15) is 51.5 Å². The van der Waals surface area contributed by atoms with Gasteiger partial charge in [-0.1, -0.05) is 38.8 Å². The van der Waals surface area contributed by atoms with Crippen LogP contribution in [0.25, 0.3) is 0 Å². The van der Waals surface area contributed by atoms with Crippen molar-refractivity contribution in [2.45, 2.75) is 52.4 Å². The van der Waals surface area contributed by atoms with Crippen LogP contribution in [0, 0.1) is 11.8 Å². The maximum absolute atomic E-state index is 12.1. The van der Waals surface area contributed by atoms with Gasteiger partial charge in [-0.15, -0.1) is 0 Å². The minimum atomic E-state index is 0.117. The first-order valence-corrected chi connectivity index (χ1v) is 8.65. The van der Waals surface area contributed by atoms with Crippen LogP contribution in [-0.2, 0) is 11.2 Å². The van der Waals surface area contributed by atoms with Gasteiger partial charge >= 0.3 is 0 Å². The minimum Gasteiger partial charge on any atom is -0.494 e. The van der Waals surface area contributed by atoms with E-state index in [0.29, 0.717) is 12.3 Å². The monoisotopic (exact) mass is 303 g/mol. The molecule has 0 heterocycles. The van der Waals surface area contributed by atoms with Crippen LogP contribution < -0.4 is 10.1 Å². The highest BCUT2D eigenvalue weighted by atomic mass is 16.5. The van der Waals surface area contributed by atoms with Crippen molar-refractivity contribution in [2.24, 2.45) is 11.8 Å². The van der Waals surface area contributed by atoms with E-state index in [9.17, 15) is 4.79 Å². The molecule has 1 amide bonds. The molecule has 3 heteroatoms. The van der Waals surface area contributed by atoms with Crippen LogP contribution in [-0.4, -0.2) is 19.1 Å². The molecule has 0 saturated heterocycles. The Bertz CT molecular complexity index is 464. The Hall–Kier alpha value is -1.51. The zero-order chi connectivity index (χ0) is 15.8. The molecule has 1 aliphatic carbocycles. The molecule has 122 valence electrons. The number of hydrogen-bond donors (Lipinski definition) is 1. The highest BCUT2D eigenvalue weighted by Crippen LogP contribution is 2.27. The van der Waals surface area contributed by atoms with Crippen molar-refractivity contribution >= 4 is 5.91 Å². The van der Waals surface area contributed by atoms with Crippen LogP contribution in [0.5, 0.6) is 5.75 Å². The van der Waals surface area contributed by atoms with E-state index >= 15 is 0 Å². The Morgan fingerprint density at radius 2 is 2.05 bits per heavy atom. The predicted octanol–water partition coefficient (Wildman–Crippen LogP) is 3.96. The second-order valence-corrected chi connectivity index (χ2v) is 6.60. The SMILES string of the molecule is CCCOc1cccc(CC(=O)NCC2CCC(C)CC2)c1. The van der Waals surface area contributed by atoms with E-state index in [-0.39, 0.29) is 5.91 Å². The van der Waals surface area contributed by atoms with E-state index in [4.69, 9.17) is 4.74 Å². The molecule has 0 radical (unpaired) electrons. The van der Waals surface area contributed by atoms with Crippen LogP contribution in [0.2, 0.25) is 0 Å². The first-order valence-electron chi connectivity index (χ1n) is 8.65. The standard InChI is InChI=1S/C19H29NO2/c1-3-11-22-18-6-4-5-17(12-18)13-19(21)20-14-16-9-7-15(2)8-10-16/h4-6,12,15-16H,3,7-11,13-14H2,1-2H3,(H,20,21). The second-order valence-electron chi connectivity index (χ2n) is 6.60. The van der Waals surface area contributed by atoms with E-state index in [1.807, 2.05) is 24.3 Å². The largest absolute Gasteiger partial charge is 0.494 e. The molecule has 1 aliphatic rings. The zero-order valence-corrected chi connectivity index (χ0v) is 13.9. The Morgan fingerprint density at radius 1 is 1.27 bits per heavy atom. The van der Waals surface area contributed by atoms with Crippen LogP contribution in [0.4, 0.5) is 0 Å². The van der Waals surface area contributed by atoms with Gasteiger partial charge < -0.3 is 10.1 Å². The number of amides is 1. The van der Waals surface area contributed by atoms with Gasteiger partial charge in [-0.25, -0.2) is 0 Å². The van der Waals surface area contributed by atoms with Gasteiger partial charge in [-0.2, -0.15) is 0 Å². The number of nitrogens with one attached hydrogen (secondary N) is 1. The molecule has 1 fully saturated rings. The smallest absolute Gasteiger partial charge is 0.224 e. The van der Waals surface area contributed by atoms with Gasteiger partial charge in [0.2, 0.25) is 5.91 Å². The third-order valence-corrected chi connectivity index (χ3v) is 4.46. The van der Waals surface area contributed by atoms with Gasteiger partial charge in [-0.05, 0) is 48.8 Å². The quantitative estimate of drug-likeness (QED) is 0.828. The summed E-state index contributed by atoms with van der Waals surface area (Å²) in [5.41, 5.74) is 1.02. The summed E-state index contributed by atoms with van der Waals surface area (Å²) in [4.78, 5) is 12.1. The number of carbonyl (C=O) groups excluding carboxylic acids is 1. The zero-order valence-electron chi connectivity index (χ0n) is 13.9. The topological polar surface area (TPSA) is 38.3 Å². The second kappa shape index (κ2) is 8.82. The summed E-state index contributed by atoms with van der Waals surface area (Å²) in [6, 6.07) is 7.86. The maximum atomic E-state index is 12.1. The number of benzene rings is 1. The minimum absolute atomic E-state index is 0.117. The van der Waals surface area contributed by atoms with E-state index in [1.165, 1.54) is 25.7 Å². The maximum Gasteiger partial charge on any atom is 0.224 e. The summed E-state index contributed by atoms with van der Waals surface area (Å²) in [7, 11) is 0. The van der Waals surface area contributed by atoms with Crippen molar-refractivity contribution in [2.75, 3.05) is 13.2 Å². The molecule has 0 spiro atoms. The van der Waals surface area contributed by atoms with Crippen LogP contribution >= 0.6 is 0 Å². The van der Waals surface area contributed by atoms with Crippen molar-refractivity contribution in [1.82, 2.24) is 5.32 Å². The van der Waals surface area contributed by atoms with E-state index in [1.54, 1.807) is 0 Å². The Labute approximate surface area is 134 Å². The van der Waals surface area contributed by atoms with E-state index < -0.39 is 0 Å². The summed E-state index contributed by atoms with van der Waals surface area (Å²) in [6.07, 6.45) is 6.54. The number of rotatable bonds is 7. The lowest BCUT2D eigenvalue weighted by Gasteiger charge is -2.26. The number of ether oxygens (including phenoxy) is 1. The molecular weight excluding hydrogens is 274 g/mol. The first-order chi connectivity index (χ1) is 10.7. The first kappa shape index (κ1) is 16.9. The Kier molecular flexibility index (Phi) is 6.75. The third kappa shape index (κ3) is 5.70. The molecule has 1 saturated carbocycles. The third-order valence-electron chi connectivity index (χ3n) is 4.46. The summed E-state index contributed by atoms with van der Waals surface area (Å²) >= 11 is 0. The fourth-order valence-electron chi connectivity index (χ4n) is 3.00. The summed E-state index contributed by atoms with van der Waals surface area (Å²) in [5.74, 6) is 2.50. The van der Waals surface area contributed by atoms with Crippen molar-refractivity contribution in [3.05, 3.63) is 29.8 Å². The molecule has 0 aliphatic heterocycles. The highest BCUT2D eigenvalue weighted by molar-refractivity contribution is 5.78. The summed E-state index contributed by atoms with van der Waals surface area (Å²) < 4.78 is 5.61. The van der Waals surface area contributed by atoms with E-state index in [2.05, 4.69) is 19.2 Å². The van der Waals surface area contributed by atoms with Gasteiger partial charge in [-0.3, -0.25) is 4.79 Å². The van der Waals surface area contributed by atoms with Gasteiger partial charge in [0.05, 0.1) is 13.0 Å². The average molecular weight is 303 g/mol. The van der Waals surface area contributed by atoms with Gasteiger partial charge in [0.1, 0.15) is 5.75 Å². The lowest BCUT2D eigenvalue weighted by Crippen LogP contribution is -2.32. The normalized spacial score (nSPS) is 21.4. The lowest BCUT2D eigenvalue weighted by molar-refractivity contribution is -0.120. The molecule has 0 bridgehead atoms. The van der Waals surface area contributed by atoms with Gasteiger partial charge in [0.25, 0.3) is 0 Å². The van der Waals surface area contributed by atoms with Crippen LogP contribution in [0.3, 0.4) is 0 Å². The Balaban J connectivity index is 1.74. The molecule has 22 heavy (non-hydrogen) atoms. The summed E-state index contributed by atoms with van der Waals surface area (Å²) in [5, 5.41) is 3.10. The van der Waals surface area contributed by atoms with Crippen molar-refractivity contribution in [3.63, 3.8) is 0 Å². The fourth-order valence-corrected chi connectivity index (χ4v) is 3.00. The fraction of sp³-hybridized carbons (Fsp3) is 0.632. The predicted molar refractivity (Wildman–Crippen MR) is 90.1 cm³/mol. The van der Waals surface area contributed by atoms with E-state index in [0.717, 1.165) is 36.8 Å². The molecule has 0 aromatic heterocycles. The van der Waals surface area contributed by atoms with Crippen molar-refractivity contribution in [3.8, 4) is 5.75 Å². The van der Waals surface area contributed by atoms with Gasteiger partial charge in [0.15, 0.2) is 0 Å². The van der Waals surface area contributed by atoms with Crippen molar-refractivity contribution in [1.29, 1.82) is 0 Å². The summed E-state index contributed by atoms with van der Waals surface area (Å²) in [6.45, 7) is 5.96. The molecule has 0 atom stereocenters. The molecule has 1 aromatic rings. The molecule has 1 N–H and O–H groups in total. The van der Waals surface area contributed by atoms with Gasteiger partial charge in [0, 0.05) is 6.54 Å². The van der Waals surface area contributed by atoms with Crippen LogP contribution in [0.15, 0.2) is 24.3 Å². The molecule has 2 rings (SSSR count). The number of hydrogen-bond acceptors (Lipinski definition) is 2. The lowest BCUT2D eigenvalue weighted by atomic mass is 9.83. The molecular formula is C19H29NO2. The highest BCUT2D eigenvalue weighted by Gasteiger charge is 2.18. The molecule has 1 aromatic carbocycles. The molecule has 3 nitrogen and oxygen atoms in total. The Morgan fingerprint density at radius 3 is 2.77 bits per heavy atom. The average Bonchev–Trinajstić information content (AvgIpc) is 2.53. The molecule has 0 unspecified atom stereocenters. The number of carbonyl (C=O) groups is 1. The van der Waals surface area contributed by atoms with Crippen molar-refractivity contribution < 1.29 is 9.53 Å².